The molecule has 1 aromatic heterocycles. The van der Waals surface area contributed by atoms with E-state index in [2.05, 4.69) is 5.10 Å². The zero-order valence-corrected chi connectivity index (χ0v) is 12.9. The Morgan fingerprint density at radius 2 is 2.00 bits per heavy atom. The van der Waals surface area contributed by atoms with E-state index in [0.29, 0.717) is 17.1 Å². The summed E-state index contributed by atoms with van der Waals surface area (Å²) < 4.78 is 1.76. The van der Waals surface area contributed by atoms with Crippen molar-refractivity contribution in [3.63, 3.8) is 0 Å². The second-order valence-corrected chi connectivity index (χ2v) is 5.36. The maximum atomic E-state index is 12.3. The third-order valence-electron chi connectivity index (χ3n) is 3.56. The molecule has 3 nitrogen and oxygen atoms in total. The highest BCUT2D eigenvalue weighted by Gasteiger charge is 2.07. The molecule has 0 spiro atoms. The Labute approximate surface area is 133 Å². The Morgan fingerprint density at radius 3 is 2.77 bits per heavy atom. The van der Waals surface area contributed by atoms with Crippen LogP contribution in [0.1, 0.15) is 23.0 Å². The number of ketones is 1. The zero-order valence-electron chi connectivity index (χ0n) is 12.2. The van der Waals surface area contributed by atoms with Gasteiger partial charge in [0.1, 0.15) is 0 Å². The van der Waals surface area contributed by atoms with Crippen LogP contribution in [0.15, 0.2) is 54.7 Å². The number of aryl methyl sites for hydroxylation is 1. The van der Waals surface area contributed by atoms with Crippen LogP contribution in [0.25, 0.3) is 16.8 Å². The van der Waals surface area contributed by atoms with Crippen molar-refractivity contribution in [2.45, 2.75) is 13.5 Å². The minimum absolute atomic E-state index is 0.0503. The van der Waals surface area contributed by atoms with Gasteiger partial charge in [-0.25, -0.2) is 0 Å². The number of nitrogens with zero attached hydrogens (tertiary/aromatic N) is 2. The smallest absolute Gasteiger partial charge is 0.185 e. The minimum Gasteiger partial charge on any atom is -0.289 e. The number of hydrogen-bond acceptors (Lipinski definition) is 2. The van der Waals surface area contributed by atoms with E-state index < -0.39 is 0 Å². The quantitative estimate of drug-likeness (QED) is 0.521. The predicted octanol–water partition coefficient (Wildman–Crippen LogP) is 4.61. The van der Waals surface area contributed by atoms with Gasteiger partial charge in [-0.05, 0) is 35.9 Å². The Hall–Kier alpha value is -2.39. The van der Waals surface area contributed by atoms with E-state index in [1.165, 1.54) is 0 Å². The molecule has 0 aliphatic carbocycles. The molecular formula is C18H15ClN2O. The molecule has 0 unspecified atom stereocenters. The van der Waals surface area contributed by atoms with Crippen LogP contribution in [0, 0.1) is 0 Å². The highest BCUT2D eigenvalue weighted by Crippen LogP contribution is 2.19. The second-order valence-electron chi connectivity index (χ2n) is 4.95. The van der Waals surface area contributed by atoms with E-state index in [-0.39, 0.29) is 5.78 Å². The van der Waals surface area contributed by atoms with Crippen LogP contribution in [0.4, 0.5) is 0 Å². The monoisotopic (exact) mass is 310 g/mol. The zero-order chi connectivity index (χ0) is 15.5. The third kappa shape index (κ3) is 2.81. The Kier molecular flexibility index (Phi) is 4.07. The van der Waals surface area contributed by atoms with Crippen LogP contribution in [0.5, 0.6) is 0 Å². The average Bonchev–Trinajstić information content (AvgIpc) is 2.92. The maximum absolute atomic E-state index is 12.3. The average molecular weight is 311 g/mol. The van der Waals surface area contributed by atoms with Crippen molar-refractivity contribution in [1.82, 2.24) is 9.78 Å². The molecule has 0 saturated carbocycles. The Balaban J connectivity index is 1.89. The normalized spacial score (nSPS) is 11.4. The summed E-state index contributed by atoms with van der Waals surface area (Å²) in [4.78, 5) is 12.3. The maximum Gasteiger partial charge on any atom is 0.185 e. The van der Waals surface area contributed by atoms with Crippen LogP contribution >= 0.6 is 11.6 Å². The predicted molar refractivity (Wildman–Crippen MR) is 90.2 cm³/mol. The largest absolute Gasteiger partial charge is 0.289 e. The third-order valence-corrected chi connectivity index (χ3v) is 3.85. The molecule has 1 heterocycles. The molecule has 0 aliphatic heterocycles. The van der Waals surface area contributed by atoms with Crippen molar-refractivity contribution in [3.8, 4) is 0 Å². The molecule has 0 bridgehead atoms. The molecule has 0 saturated heterocycles. The van der Waals surface area contributed by atoms with Crippen molar-refractivity contribution in [2.24, 2.45) is 0 Å². The molecule has 3 aromatic rings. The summed E-state index contributed by atoms with van der Waals surface area (Å²) in [5.74, 6) is -0.0503. The number of halogens is 1. The number of carbonyl (C=O) groups is 1. The Morgan fingerprint density at radius 1 is 1.23 bits per heavy atom. The van der Waals surface area contributed by atoms with Crippen molar-refractivity contribution in [1.29, 1.82) is 0 Å². The van der Waals surface area contributed by atoms with Gasteiger partial charge in [0.05, 0.1) is 16.9 Å². The molecule has 0 aliphatic rings. The molecular weight excluding hydrogens is 296 g/mol. The number of aromatic nitrogens is 2. The summed E-state index contributed by atoms with van der Waals surface area (Å²) in [6, 6.07) is 13.7. The van der Waals surface area contributed by atoms with E-state index in [9.17, 15) is 4.79 Å². The van der Waals surface area contributed by atoms with Crippen LogP contribution in [0.3, 0.4) is 0 Å². The lowest BCUT2D eigenvalue weighted by atomic mass is 10.0. The van der Waals surface area contributed by atoms with Crippen molar-refractivity contribution < 1.29 is 4.79 Å². The van der Waals surface area contributed by atoms with Crippen LogP contribution in [0.2, 0.25) is 5.02 Å². The van der Waals surface area contributed by atoms with E-state index in [1.807, 2.05) is 49.4 Å². The number of benzene rings is 2. The number of fused-ring (bicyclic) bond motifs is 1. The van der Waals surface area contributed by atoms with E-state index >= 15 is 0 Å². The summed E-state index contributed by atoms with van der Waals surface area (Å²) in [6.45, 7) is 2.68. The lowest BCUT2D eigenvalue weighted by Crippen LogP contribution is -1.99. The molecule has 0 amide bonds. The van der Waals surface area contributed by atoms with Gasteiger partial charge < -0.3 is 0 Å². The lowest BCUT2D eigenvalue weighted by Gasteiger charge is -2.01. The van der Waals surface area contributed by atoms with Gasteiger partial charge in [0.2, 0.25) is 0 Å². The van der Waals surface area contributed by atoms with Gasteiger partial charge in [-0.1, -0.05) is 48.0 Å². The van der Waals surface area contributed by atoms with Crippen molar-refractivity contribution >= 4 is 34.2 Å². The fourth-order valence-electron chi connectivity index (χ4n) is 2.38. The van der Waals surface area contributed by atoms with Crippen molar-refractivity contribution in [2.75, 3.05) is 0 Å². The van der Waals surface area contributed by atoms with Crippen LogP contribution in [-0.4, -0.2) is 15.6 Å². The summed E-state index contributed by atoms with van der Waals surface area (Å²) >= 11 is 6.09. The fourth-order valence-corrected chi connectivity index (χ4v) is 2.59. The number of hydrogen-bond donors (Lipinski definition) is 0. The molecule has 22 heavy (non-hydrogen) atoms. The highest BCUT2D eigenvalue weighted by atomic mass is 35.5. The first-order chi connectivity index (χ1) is 10.7. The molecule has 110 valence electrons. The standard InChI is InChI=1S/C18H15ClN2O/c1-2-21-17(16(19)12-20-21)9-10-18(22)15-8-7-13-5-3-4-6-14(13)11-15/h3-12H,2H2,1H3. The van der Waals surface area contributed by atoms with Gasteiger partial charge in [0.25, 0.3) is 0 Å². The summed E-state index contributed by atoms with van der Waals surface area (Å²) in [6.07, 6.45) is 4.85. The Bertz CT molecular complexity index is 864. The number of rotatable bonds is 4. The number of allylic oxidation sites excluding steroid dienone is 1. The summed E-state index contributed by atoms with van der Waals surface area (Å²) in [7, 11) is 0. The number of carbonyl (C=O) groups excluding carboxylic acids is 1. The molecule has 0 radical (unpaired) electrons. The van der Waals surface area contributed by atoms with Gasteiger partial charge >= 0.3 is 0 Å². The van der Waals surface area contributed by atoms with Gasteiger partial charge in [0, 0.05) is 12.1 Å². The molecule has 0 atom stereocenters. The van der Waals surface area contributed by atoms with Gasteiger partial charge in [-0.15, -0.1) is 0 Å². The highest BCUT2D eigenvalue weighted by molar-refractivity contribution is 6.32. The molecule has 0 fully saturated rings. The fraction of sp³-hybridized carbons (Fsp3) is 0.111. The lowest BCUT2D eigenvalue weighted by molar-refractivity contribution is 0.104. The van der Waals surface area contributed by atoms with E-state index in [1.54, 1.807) is 23.0 Å². The second kappa shape index (κ2) is 6.16. The first-order valence-corrected chi connectivity index (χ1v) is 7.49. The van der Waals surface area contributed by atoms with E-state index in [0.717, 1.165) is 16.5 Å². The van der Waals surface area contributed by atoms with Gasteiger partial charge in [0.15, 0.2) is 5.78 Å². The first kappa shape index (κ1) is 14.5. The van der Waals surface area contributed by atoms with Crippen LogP contribution in [-0.2, 0) is 6.54 Å². The molecule has 4 heteroatoms. The molecule has 0 N–H and O–H groups in total. The summed E-state index contributed by atoms with van der Waals surface area (Å²) in [5, 5.41) is 6.87. The van der Waals surface area contributed by atoms with Crippen LogP contribution < -0.4 is 0 Å². The minimum atomic E-state index is -0.0503. The van der Waals surface area contributed by atoms with Crippen molar-refractivity contribution in [3.05, 3.63) is 71.0 Å². The van der Waals surface area contributed by atoms with E-state index in [4.69, 9.17) is 11.6 Å². The molecule has 2 aromatic carbocycles. The topological polar surface area (TPSA) is 34.9 Å². The van der Waals surface area contributed by atoms with Gasteiger partial charge in [-0.2, -0.15) is 5.10 Å². The summed E-state index contributed by atoms with van der Waals surface area (Å²) in [5.41, 5.74) is 1.41. The van der Waals surface area contributed by atoms with Gasteiger partial charge in [-0.3, -0.25) is 9.48 Å². The molecule has 3 rings (SSSR count). The SMILES string of the molecule is CCn1ncc(Cl)c1C=CC(=O)c1ccc2ccccc2c1. The first-order valence-electron chi connectivity index (χ1n) is 7.11.